The predicted octanol–water partition coefficient (Wildman–Crippen LogP) is 4.48. The number of hydrogen-bond acceptors (Lipinski definition) is 6. The van der Waals surface area contributed by atoms with Crippen LogP contribution in [0, 0.1) is 11.7 Å². The summed E-state index contributed by atoms with van der Waals surface area (Å²) in [5, 5.41) is 20.7. The van der Waals surface area contributed by atoms with Crippen molar-refractivity contribution in [3.63, 3.8) is 0 Å². The van der Waals surface area contributed by atoms with Crippen LogP contribution in [0.2, 0.25) is 0 Å². The molecule has 0 bridgehead atoms. The van der Waals surface area contributed by atoms with Gasteiger partial charge in [-0.05, 0) is 42.7 Å². The normalized spacial score (nSPS) is 12.7. The van der Waals surface area contributed by atoms with Crippen LogP contribution < -0.4 is 5.32 Å². The number of aromatic amines is 2. The van der Waals surface area contributed by atoms with Gasteiger partial charge in [0.25, 0.3) is 0 Å². The number of aliphatic hydroxyl groups is 1. The van der Waals surface area contributed by atoms with Gasteiger partial charge >= 0.3 is 0 Å². The van der Waals surface area contributed by atoms with E-state index in [4.69, 9.17) is 0 Å². The van der Waals surface area contributed by atoms with Gasteiger partial charge in [0.15, 0.2) is 11.5 Å². The third kappa shape index (κ3) is 3.67. The second-order valence-corrected chi connectivity index (χ2v) is 8.13. The zero-order chi connectivity index (χ0) is 22.2. The van der Waals surface area contributed by atoms with Crippen molar-refractivity contribution in [1.29, 1.82) is 0 Å². The van der Waals surface area contributed by atoms with Gasteiger partial charge in [0.1, 0.15) is 17.7 Å². The molecule has 4 aromatic heterocycles. The van der Waals surface area contributed by atoms with Crippen molar-refractivity contribution in [2.75, 3.05) is 5.32 Å². The number of aromatic nitrogens is 6. The standard InChI is InChI=1S/C23H22FN7O/c1-12(2)8-18(32)27-14-9-13(10-25-11-14)15-5-6-16-19(20(15)24)21(31-30-16)23-28-17-4-3-7-26-22(17)29-23/h3-7,9-12,18,27,32H,8H2,1-2H3,(H,30,31)(H,26,28,29). The Hall–Kier alpha value is -3.85. The maximum atomic E-state index is 15.7. The molecule has 8 nitrogen and oxygen atoms in total. The van der Waals surface area contributed by atoms with Crippen molar-refractivity contribution in [3.8, 4) is 22.6 Å². The monoisotopic (exact) mass is 431 g/mol. The Morgan fingerprint density at radius 1 is 1.16 bits per heavy atom. The van der Waals surface area contributed by atoms with Gasteiger partial charge in [-0.3, -0.25) is 10.1 Å². The van der Waals surface area contributed by atoms with Crippen molar-refractivity contribution in [2.24, 2.45) is 5.92 Å². The highest BCUT2D eigenvalue weighted by atomic mass is 19.1. The van der Waals surface area contributed by atoms with E-state index in [1.807, 2.05) is 19.9 Å². The number of benzene rings is 1. The molecule has 1 atom stereocenters. The number of halogens is 1. The second-order valence-electron chi connectivity index (χ2n) is 8.13. The van der Waals surface area contributed by atoms with Crippen LogP contribution in [0.1, 0.15) is 20.3 Å². The molecule has 0 aliphatic rings. The molecule has 0 aliphatic carbocycles. The molecule has 162 valence electrons. The van der Waals surface area contributed by atoms with Crippen LogP contribution in [0.5, 0.6) is 0 Å². The third-order valence-electron chi connectivity index (χ3n) is 5.23. The summed E-state index contributed by atoms with van der Waals surface area (Å²) in [4.78, 5) is 16.0. The number of rotatable bonds is 6. The van der Waals surface area contributed by atoms with Crippen molar-refractivity contribution < 1.29 is 9.50 Å². The molecule has 0 amide bonds. The van der Waals surface area contributed by atoms with E-state index in [-0.39, 0.29) is 0 Å². The van der Waals surface area contributed by atoms with Gasteiger partial charge < -0.3 is 15.4 Å². The van der Waals surface area contributed by atoms with Crippen LogP contribution in [0.15, 0.2) is 48.9 Å². The van der Waals surface area contributed by atoms with Gasteiger partial charge in [0, 0.05) is 23.5 Å². The smallest absolute Gasteiger partial charge is 0.178 e. The van der Waals surface area contributed by atoms with Crippen molar-refractivity contribution in [1.82, 2.24) is 30.1 Å². The summed E-state index contributed by atoms with van der Waals surface area (Å²) < 4.78 is 15.7. The highest BCUT2D eigenvalue weighted by Crippen LogP contribution is 2.34. The maximum absolute atomic E-state index is 15.7. The number of imidazole rings is 1. The number of anilines is 1. The summed E-state index contributed by atoms with van der Waals surface area (Å²) in [6, 6.07) is 8.89. The minimum absolute atomic E-state index is 0.333. The molecule has 5 aromatic rings. The lowest BCUT2D eigenvalue weighted by Crippen LogP contribution is -2.20. The van der Waals surface area contributed by atoms with Crippen LogP contribution in [0.4, 0.5) is 10.1 Å². The Kier molecular flexibility index (Phi) is 5.02. The van der Waals surface area contributed by atoms with E-state index >= 15 is 4.39 Å². The first-order valence-corrected chi connectivity index (χ1v) is 10.4. The molecule has 1 unspecified atom stereocenters. The summed E-state index contributed by atoms with van der Waals surface area (Å²) >= 11 is 0. The first-order chi connectivity index (χ1) is 15.5. The minimum Gasteiger partial charge on any atom is -0.374 e. The Bertz CT molecular complexity index is 1380. The number of nitrogens with zero attached hydrogens (tertiary/aromatic N) is 4. The first-order valence-electron chi connectivity index (χ1n) is 10.4. The molecule has 9 heteroatoms. The molecule has 0 spiro atoms. The maximum Gasteiger partial charge on any atom is 0.178 e. The molecular weight excluding hydrogens is 409 g/mol. The molecule has 0 fully saturated rings. The lowest BCUT2D eigenvalue weighted by molar-refractivity contribution is 0.176. The average Bonchev–Trinajstić information content (AvgIpc) is 3.38. The quantitative estimate of drug-likeness (QED) is 0.295. The topological polar surface area (TPSA) is 115 Å². The predicted molar refractivity (Wildman–Crippen MR) is 121 cm³/mol. The van der Waals surface area contributed by atoms with E-state index in [2.05, 4.69) is 35.5 Å². The first kappa shape index (κ1) is 20.1. The summed E-state index contributed by atoms with van der Waals surface area (Å²) in [5.41, 5.74) is 3.81. The van der Waals surface area contributed by atoms with E-state index in [1.165, 1.54) is 0 Å². The van der Waals surface area contributed by atoms with Crippen molar-refractivity contribution in [3.05, 3.63) is 54.7 Å². The highest BCUT2D eigenvalue weighted by Gasteiger charge is 2.20. The Morgan fingerprint density at radius 2 is 2.03 bits per heavy atom. The van der Waals surface area contributed by atoms with Crippen molar-refractivity contribution in [2.45, 2.75) is 26.5 Å². The Balaban J connectivity index is 1.55. The fourth-order valence-electron chi connectivity index (χ4n) is 3.79. The fraction of sp³-hybridized carbons (Fsp3) is 0.217. The number of fused-ring (bicyclic) bond motifs is 2. The summed E-state index contributed by atoms with van der Waals surface area (Å²) in [6.45, 7) is 4.06. The Morgan fingerprint density at radius 3 is 2.84 bits per heavy atom. The van der Waals surface area contributed by atoms with Crippen molar-refractivity contribution >= 4 is 27.8 Å². The van der Waals surface area contributed by atoms with Gasteiger partial charge in [-0.1, -0.05) is 13.8 Å². The van der Waals surface area contributed by atoms with Crippen LogP contribution >= 0.6 is 0 Å². The molecule has 32 heavy (non-hydrogen) atoms. The molecule has 1 aromatic carbocycles. The summed E-state index contributed by atoms with van der Waals surface area (Å²) in [6.07, 6.45) is 4.74. The Labute approximate surface area is 183 Å². The largest absolute Gasteiger partial charge is 0.374 e. The molecule has 0 saturated carbocycles. The molecule has 0 aliphatic heterocycles. The van der Waals surface area contributed by atoms with Crippen LogP contribution in [-0.4, -0.2) is 41.5 Å². The minimum atomic E-state index is -0.707. The summed E-state index contributed by atoms with van der Waals surface area (Å²) in [7, 11) is 0. The van der Waals surface area contributed by atoms with Gasteiger partial charge in [-0.2, -0.15) is 5.10 Å². The average molecular weight is 431 g/mol. The van der Waals surface area contributed by atoms with E-state index in [9.17, 15) is 5.11 Å². The molecule has 0 radical (unpaired) electrons. The third-order valence-corrected chi connectivity index (χ3v) is 5.23. The van der Waals surface area contributed by atoms with E-state index in [1.54, 1.807) is 42.9 Å². The second kappa shape index (κ2) is 8.01. The number of nitrogens with one attached hydrogen (secondary N) is 3. The van der Waals surface area contributed by atoms with Crippen LogP contribution in [0.25, 0.3) is 44.7 Å². The van der Waals surface area contributed by atoms with Gasteiger partial charge in [0.05, 0.1) is 28.3 Å². The summed E-state index contributed by atoms with van der Waals surface area (Å²) in [5.74, 6) is 0.342. The highest BCUT2D eigenvalue weighted by molar-refractivity contribution is 5.96. The molecule has 4 heterocycles. The molecular formula is C23H22FN7O. The van der Waals surface area contributed by atoms with Gasteiger partial charge in [-0.25, -0.2) is 14.4 Å². The fourth-order valence-corrected chi connectivity index (χ4v) is 3.79. The lowest BCUT2D eigenvalue weighted by atomic mass is 10.0. The number of pyridine rings is 2. The van der Waals surface area contributed by atoms with Crippen LogP contribution in [0.3, 0.4) is 0 Å². The van der Waals surface area contributed by atoms with Crippen LogP contribution in [-0.2, 0) is 0 Å². The van der Waals surface area contributed by atoms with E-state index in [0.29, 0.717) is 57.2 Å². The zero-order valence-electron chi connectivity index (χ0n) is 17.6. The zero-order valence-corrected chi connectivity index (χ0v) is 17.6. The molecule has 0 saturated heterocycles. The lowest BCUT2D eigenvalue weighted by Gasteiger charge is -2.16. The van der Waals surface area contributed by atoms with Gasteiger partial charge in [0.2, 0.25) is 0 Å². The number of H-pyrrole nitrogens is 2. The SMILES string of the molecule is CC(C)CC(O)Nc1cncc(-c2ccc3[nH]nc(-c4nc5ncccc5[nH]4)c3c2F)c1. The molecule has 4 N–H and O–H groups in total. The van der Waals surface area contributed by atoms with E-state index in [0.717, 1.165) is 5.52 Å². The van der Waals surface area contributed by atoms with E-state index < -0.39 is 12.0 Å². The molecule has 5 rings (SSSR count). The van der Waals surface area contributed by atoms with Gasteiger partial charge in [-0.15, -0.1) is 0 Å². The number of hydrogen-bond donors (Lipinski definition) is 4. The number of aliphatic hydroxyl groups excluding tert-OH is 1.